The van der Waals surface area contributed by atoms with E-state index in [1.165, 1.54) is 35.9 Å². The molecule has 2 fully saturated rings. The Morgan fingerprint density at radius 2 is 1.77 bits per heavy atom. The zero-order chi connectivity index (χ0) is 21.1. The van der Waals surface area contributed by atoms with Crippen LogP contribution < -0.4 is 10.5 Å². The van der Waals surface area contributed by atoms with Crippen molar-refractivity contribution >= 4 is 11.7 Å². The molecule has 0 radical (unpaired) electrons. The number of hydrogen-bond acceptors (Lipinski definition) is 4. The Kier molecular flexibility index (Phi) is 6.21. The lowest BCUT2D eigenvalue weighted by Gasteiger charge is -2.24. The monoisotopic (exact) mass is 408 g/mol. The molecule has 0 unspecified atom stereocenters. The van der Waals surface area contributed by atoms with Crippen molar-refractivity contribution in [3.8, 4) is 5.69 Å². The molecule has 0 bridgehead atoms. The quantitative estimate of drug-likeness (QED) is 0.777. The summed E-state index contributed by atoms with van der Waals surface area (Å²) in [5, 5.41) is 4.66. The van der Waals surface area contributed by atoms with Crippen molar-refractivity contribution in [2.75, 3.05) is 31.1 Å². The molecule has 4 rings (SSSR count). The maximum absolute atomic E-state index is 12.7. The second-order valence-electron chi connectivity index (χ2n) is 8.79. The van der Waals surface area contributed by atoms with Crippen LogP contribution in [0.1, 0.15) is 49.7 Å². The number of carbonyl (C=O) groups excluding carboxylic acids is 1. The number of hydrogen-bond donors (Lipinski definition) is 0. The lowest BCUT2D eigenvalue weighted by atomic mass is 10.0. The van der Waals surface area contributed by atoms with Gasteiger partial charge in [0.1, 0.15) is 5.82 Å². The van der Waals surface area contributed by atoms with Crippen LogP contribution in [0.2, 0.25) is 0 Å². The van der Waals surface area contributed by atoms with Gasteiger partial charge in [0.05, 0.1) is 5.69 Å². The van der Waals surface area contributed by atoms with E-state index >= 15 is 0 Å². The zero-order valence-electron chi connectivity index (χ0n) is 18.1. The molecule has 1 aromatic heterocycles. The fourth-order valence-corrected chi connectivity index (χ4v) is 4.60. The van der Waals surface area contributed by atoms with Gasteiger partial charge < -0.3 is 9.80 Å². The van der Waals surface area contributed by atoms with E-state index in [9.17, 15) is 9.59 Å². The molecular weight excluding hydrogens is 376 g/mol. The Hall–Kier alpha value is -2.63. The van der Waals surface area contributed by atoms with Crippen molar-refractivity contribution in [1.29, 1.82) is 0 Å². The van der Waals surface area contributed by atoms with Gasteiger partial charge in [-0.15, -0.1) is 5.10 Å². The van der Waals surface area contributed by atoms with E-state index in [4.69, 9.17) is 0 Å². The molecule has 30 heavy (non-hydrogen) atoms. The highest BCUT2D eigenvalue weighted by Gasteiger charge is 2.24. The second kappa shape index (κ2) is 9.02. The van der Waals surface area contributed by atoms with Crippen LogP contribution in [0.5, 0.6) is 0 Å². The van der Waals surface area contributed by atoms with Crippen LogP contribution >= 0.6 is 0 Å². The van der Waals surface area contributed by atoms with Crippen LogP contribution in [-0.4, -0.2) is 46.8 Å². The zero-order valence-corrected chi connectivity index (χ0v) is 18.1. The molecule has 1 aromatic carbocycles. The fourth-order valence-electron chi connectivity index (χ4n) is 4.60. The summed E-state index contributed by atoms with van der Waals surface area (Å²) in [6.07, 6.45) is 6.57. The number of rotatable bonds is 4. The number of carbonyl (C=O) groups is 1. The number of aromatic nitrogens is 2. The molecule has 0 atom stereocenters. The topological polar surface area (TPSA) is 58.4 Å². The highest BCUT2D eigenvalue weighted by molar-refractivity contribution is 5.76. The van der Waals surface area contributed by atoms with Gasteiger partial charge in [0.25, 0.3) is 5.56 Å². The molecule has 1 amide bonds. The number of benzene rings is 1. The molecule has 0 spiro atoms. The SMILES string of the molecule is Cc1ccc(-n2nc(N3CCCN(C(=O)CC4CCCC4)CC3)ccc2=O)cc1C. The summed E-state index contributed by atoms with van der Waals surface area (Å²) in [5.41, 5.74) is 2.98. The van der Waals surface area contributed by atoms with Gasteiger partial charge in [-0.1, -0.05) is 18.9 Å². The highest BCUT2D eigenvalue weighted by Crippen LogP contribution is 2.28. The minimum atomic E-state index is -0.134. The summed E-state index contributed by atoms with van der Waals surface area (Å²) in [6.45, 7) is 7.21. The lowest BCUT2D eigenvalue weighted by Crippen LogP contribution is -2.36. The largest absolute Gasteiger partial charge is 0.353 e. The molecule has 1 aliphatic carbocycles. The van der Waals surface area contributed by atoms with Crippen LogP contribution in [0.3, 0.4) is 0 Å². The van der Waals surface area contributed by atoms with Crippen molar-refractivity contribution < 1.29 is 4.79 Å². The second-order valence-corrected chi connectivity index (χ2v) is 8.79. The summed E-state index contributed by atoms with van der Waals surface area (Å²) >= 11 is 0. The third-order valence-electron chi connectivity index (χ3n) is 6.63. The predicted molar refractivity (Wildman–Crippen MR) is 119 cm³/mol. The Morgan fingerprint density at radius 1 is 0.967 bits per heavy atom. The van der Waals surface area contributed by atoms with Gasteiger partial charge in [0.2, 0.25) is 5.91 Å². The fraction of sp³-hybridized carbons (Fsp3) is 0.542. The first-order valence-corrected chi connectivity index (χ1v) is 11.2. The van der Waals surface area contributed by atoms with E-state index in [1.54, 1.807) is 12.1 Å². The van der Waals surface area contributed by atoms with Crippen molar-refractivity contribution in [3.63, 3.8) is 0 Å². The van der Waals surface area contributed by atoms with Crippen molar-refractivity contribution in [2.24, 2.45) is 5.92 Å². The molecule has 2 aliphatic rings. The molecule has 1 aliphatic heterocycles. The summed E-state index contributed by atoms with van der Waals surface area (Å²) in [5.74, 6) is 1.68. The van der Waals surface area contributed by atoms with Crippen molar-refractivity contribution in [2.45, 2.75) is 52.4 Å². The predicted octanol–water partition coefficient (Wildman–Crippen LogP) is 3.47. The van der Waals surface area contributed by atoms with E-state index in [0.29, 0.717) is 18.2 Å². The first kappa shape index (κ1) is 20.6. The number of amides is 1. The molecule has 0 N–H and O–H groups in total. The maximum atomic E-state index is 12.7. The van der Waals surface area contributed by atoms with Crippen LogP contribution in [0.4, 0.5) is 5.82 Å². The average Bonchev–Trinajstić information content (AvgIpc) is 3.12. The molecular formula is C24H32N4O2. The molecule has 6 heteroatoms. The first-order chi connectivity index (χ1) is 14.5. The van der Waals surface area contributed by atoms with Crippen LogP contribution in [0, 0.1) is 19.8 Å². The van der Waals surface area contributed by atoms with Crippen molar-refractivity contribution in [3.05, 3.63) is 51.8 Å². The van der Waals surface area contributed by atoms with E-state index in [0.717, 1.165) is 49.7 Å². The minimum Gasteiger partial charge on any atom is -0.353 e. The van der Waals surface area contributed by atoms with Gasteiger partial charge in [-0.05, 0) is 68.4 Å². The Balaban J connectivity index is 1.47. The Labute approximate surface area is 178 Å². The van der Waals surface area contributed by atoms with Gasteiger partial charge >= 0.3 is 0 Å². The van der Waals surface area contributed by atoms with E-state index in [2.05, 4.69) is 16.9 Å². The summed E-state index contributed by atoms with van der Waals surface area (Å²) in [7, 11) is 0. The molecule has 6 nitrogen and oxygen atoms in total. The third kappa shape index (κ3) is 4.58. The van der Waals surface area contributed by atoms with Gasteiger partial charge in [0, 0.05) is 38.7 Å². The minimum absolute atomic E-state index is 0.134. The van der Waals surface area contributed by atoms with Gasteiger partial charge in [0.15, 0.2) is 0 Å². The van der Waals surface area contributed by atoms with Crippen molar-refractivity contribution in [1.82, 2.24) is 14.7 Å². The van der Waals surface area contributed by atoms with E-state index in [-0.39, 0.29) is 5.56 Å². The normalized spacial score (nSPS) is 17.9. The van der Waals surface area contributed by atoms with E-state index in [1.807, 2.05) is 30.0 Å². The maximum Gasteiger partial charge on any atom is 0.271 e. The smallest absolute Gasteiger partial charge is 0.271 e. The number of aryl methyl sites for hydroxylation is 2. The Bertz CT molecular complexity index is 962. The summed E-state index contributed by atoms with van der Waals surface area (Å²) in [4.78, 5) is 29.4. The molecule has 1 saturated carbocycles. The molecule has 2 heterocycles. The highest BCUT2D eigenvalue weighted by atomic mass is 16.2. The molecule has 2 aromatic rings. The van der Waals surface area contributed by atoms with Crippen LogP contribution in [-0.2, 0) is 4.79 Å². The standard InChI is InChI=1S/C24H32N4O2/c1-18-8-9-21(16-19(18)2)28-23(29)11-10-22(25-28)26-12-5-13-27(15-14-26)24(30)17-20-6-3-4-7-20/h8-11,16,20H,3-7,12-15,17H2,1-2H3. The average molecular weight is 409 g/mol. The number of nitrogens with zero attached hydrogens (tertiary/aromatic N) is 4. The third-order valence-corrected chi connectivity index (χ3v) is 6.63. The lowest BCUT2D eigenvalue weighted by molar-refractivity contribution is -0.131. The van der Waals surface area contributed by atoms with Gasteiger partial charge in [-0.25, -0.2) is 0 Å². The van der Waals surface area contributed by atoms with Gasteiger partial charge in [-0.2, -0.15) is 4.68 Å². The molecule has 160 valence electrons. The summed E-state index contributed by atoms with van der Waals surface area (Å²) in [6, 6.07) is 9.35. The first-order valence-electron chi connectivity index (χ1n) is 11.2. The van der Waals surface area contributed by atoms with Crippen LogP contribution in [0.15, 0.2) is 35.1 Å². The number of anilines is 1. The van der Waals surface area contributed by atoms with Crippen LogP contribution in [0.25, 0.3) is 5.69 Å². The molecule has 1 saturated heterocycles. The van der Waals surface area contributed by atoms with Gasteiger partial charge in [-0.3, -0.25) is 9.59 Å². The summed E-state index contributed by atoms with van der Waals surface area (Å²) < 4.78 is 1.48. The Morgan fingerprint density at radius 3 is 2.53 bits per heavy atom. The van der Waals surface area contributed by atoms with E-state index < -0.39 is 0 Å².